The lowest BCUT2D eigenvalue weighted by molar-refractivity contribution is -0.344. The van der Waals surface area contributed by atoms with Gasteiger partial charge in [-0.2, -0.15) is 13.2 Å². The van der Waals surface area contributed by atoms with Crippen molar-refractivity contribution in [1.29, 1.82) is 0 Å². The summed E-state index contributed by atoms with van der Waals surface area (Å²) >= 11 is 0. The highest BCUT2D eigenvalue weighted by molar-refractivity contribution is 7.97. The van der Waals surface area contributed by atoms with Gasteiger partial charge in [-0.15, -0.1) is 0 Å². The predicted octanol–water partition coefficient (Wildman–Crippen LogP) is 5.81. The van der Waals surface area contributed by atoms with Crippen LogP contribution >= 0.6 is 0 Å². The molecule has 164 valence electrons. The van der Waals surface area contributed by atoms with E-state index in [1.54, 1.807) is 0 Å². The number of aliphatic carboxylic acids is 1. The van der Waals surface area contributed by atoms with E-state index in [4.69, 9.17) is 9.90 Å². The first-order chi connectivity index (χ1) is 14.8. The van der Waals surface area contributed by atoms with Crippen molar-refractivity contribution in [3.05, 3.63) is 90.5 Å². The number of carbonyl (C=O) groups excluding carboxylic acids is 1. The van der Waals surface area contributed by atoms with Crippen LogP contribution in [0.4, 0.5) is 13.2 Å². The summed E-state index contributed by atoms with van der Waals surface area (Å²) < 4.78 is 31.5. The van der Waals surface area contributed by atoms with Gasteiger partial charge in [0.05, 0.1) is 10.9 Å². The molecule has 3 rings (SSSR count). The molecule has 0 fully saturated rings. The number of aryl methyl sites for hydroxylation is 1. The maximum Gasteiger partial charge on any atom is 0.430 e. The normalized spacial score (nSPS) is 11.0. The fourth-order valence-corrected chi connectivity index (χ4v) is 4.98. The van der Waals surface area contributed by atoms with Crippen molar-refractivity contribution < 1.29 is 23.1 Å². The topological polar surface area (TPSA) is 40.1 Å². The lowest BCUT2D eigenvalue weighted by Gasteiger charge is -2.08. The molecule has 0 amide bonds. The number of hydrogen-bond acceptors (Lipinski definition) is 2. The zero-order valence-corrected chi connectivity index (χ0v) is 18.1. The Morgan fingerprint density at radius 3 is 1.58 bits per heavy atom. The van der Waals surface area contributed by atoms with Crippen molar-refractivity contribution in [2.75, 3.05) is 0 Å². The molecule has 3 aromatic carbocycles. The summed E-state index contributed by atoms with van der Waals surface area (Å²) in [5.74, 6) is -3.01. The van der Waals surface area contributed by atoms with Crippen LogP contribution in [0.5, 0.6) is 0 Å². The quantitative estimate of drug-likeness (QED) is 0.339. The number of unbranched alkanes of at least 4 members (excludes halogenated alkanes) is 2. The van der Waals surface area contributed by atoms with Gasteiger partial charge < -0.3 is 9.90 Å². The van der Waals surface area contributed by atoms with E-state index in [0.717, 1.165) is 0 Å². The van der Waals surface area contributed by atoms with Gasteiger partial charge in [0.1, 0.15) is 5.97 Å². The van der Waals surface area contributed by atoms with Gasteiger partial charge in [-0.3, -0.25) is 0 Å². The van der Waals surface area contributed by atoms with Crippen molar-refractivity contribution in [2.24, 2.45) is 0 Å². The molecular weight excluding hydrogens is 421 g/mol. The molecule has 0 saturated heterocycles. The average Bonchev–Trinajstić information content (AvgIpc) is 2.76. The van der Waals surface area contributed by atoms with Gasteiger partial charge in [0.2, 0.25) is 0 Å². The van der Waals surface area contributed by atoms with Crippen LogP contribution < -0.4 is 5.11 Å². The molecule has 6 heteroatoms. The Balaban J connectivity index is 0.000000423. The van der Waals surface area contributed by atoms with E-state index in [1.165, 1.54) is 45.9 Å². The van der Waals surface area contributed by atoms with E-state index in [9.17, 15) is 13.2 Å². The Kier molecular flexibility index (Phi) is 9.66. The minimum Gasteiger partial charge on any atom is -0.542 e. The van der Waals surface area contributed by atoms with E-state index >= 15 is 0 Å². The fraction of sp³-hybridized carbons (Fsp3) is 0.240. The van der Waals surface area contributed by atoms with Crippen LogP contribution in [-0.2, 0) is 22.1 Å². The van der Waals surface area contributed by atoms with Crippen molar-refractivity contribution >= 4 is 16.9 Å². The van der Waals surface area contributed by atoms with E-state index in [0.29, 0.717) is 0 Å². The number of carbonyl (C=O) groups is 1. The maximum absolute atomic E-state index is 10.5. The molecule has 0 atom stereocenters. The fourth-order valence-electron chi connectivity index (χ4n) is 2.89. The molecule has 0 N–H and O–H groups in total. The molecular formula is C25H25F3O2S. The third kappa shape index (κ3) is 8.13. The number of carboxylic acid groups (broad SMARTS) is 1. The third-order valence-corrected chi connectivity index (χ3v) is 6.65. The first-order valence-corrected chi connectivity index (χ1v) is 11.3. The van der Waals surface area contributed by atoms with Crippen molar-refractivity contribution in [1.82, 2.24) is 0 Å². The van der Waals surface area contributed by atoms with E-state index in [2.05, 4.69) is 91.9 Å². The van der Waals surface area contributed by atoms with Crippen LogP contribution in [-0.4, -0.2) is 12.1 Å². The molecule has 0 aromatic heterocycles. The maximum atomic E-state index is 10.5. The average molecular weight is 447 g/mol. The van der Waals surface area contributed by atoms with E-state index < -0.39 is 12.1 Å². The van der Waals surface area contributed by atoms with Crippen LogP contribution in [0.15, 0.2) is 99.6 Å². The number of benzene rings is 3. The summed E-state index contributed by atoms with van der Waals surface area (Å²) in [5.41, 5.74) is 1.46. The van der Waals surface area contributed by atoms with Crippen LogP contribution in [0.2, 0.25) is 0 Å². The Labute approximate surface area is 184 Å². The minimum absolute atomic E-state index is 0.0302. The zero-order chi connectivity index (χ0) is 22.7. The monoisotopic (exact) mass is 446 g/mol. The molecule has 3 aromatic rings. The smallest absolute Gasteiger partial charge is 0.430 e. The summed E-state index contributed by atoms with van der Waals surface area (Å²) in [6.07, 6.45) is -0.110. The highest BCUT2D eigenvalue weighted by Crippen LogP contribution is 2.31. The summed E-state index contributed by atoms with van der Waals surface area (Å²) in [4.78, 5) is 12.9. The van der Waals surface area contributed by atoms with Gasteiger partial charge in [-0.05, 0) is 54.8 Å². The molecule has 0 radical (unpaired) electrons. The Hall–Kier alpha value is -2.73. The Bertz CT molecular complexity index is 872. The molecule has 0 aliphatic heterocycles. The highest BCUT2D eigenvalue weighted by atomic mass is 32.2. The standard InChI is InChI=1S/C23H25S.C2HF3O2/c1-2-3-6-11-20-16-18-23(19-17-20)24(21-12-7-4-8-13-21)22-14-9-5-10-15-22;3-2(4,5)1(6)7/h4-5,7-10,12-19H,2-3,6,11H2,1H3;(H,6,7)/q+1;/p-1. The molecule has 0 spiro atoms. The summed E-state index contributed by atoms with van der Waals surface area (Å²) in [6, 6.07) is 31.0. The lowest BCUT2D eigenvalue weighted by Crippen LogP contribution is -2.37. The van der Waals surface area contributed by atoms with E-state index in [-0.39, 0.29) is 10.9 Å². The molecule has 2 nitrogen and oxygen atoms in total. The van der Waals surface area contributed by atoms with Gasteiger partial charge in [-0.1, -0.05) is 68.3 Å². The predicted molar refractivity (Wildman–Crippen MR) is 116 cm³/mol. The van der Waals surface area contributed by atoms with Crippen molar-refractivity contribution in [3.8, 4) is 0 Å². The molecule has 0 aliphatic rings. The summed E-state index contributed by atoms with van der Waals surface area (Å²) in [5, 5.41) is 8.78. The van der Waals surface area contributed by atoms with Crippen molar-refractivity contribution in [2.45, 2.75) is 53.5 Å². The van der Waals surface area contributed by atoms with Crippen LogP contribution in [0.25, 0.3) is 0 Å². The van der Waals surface area contributed by atoms with Crippen molar-refractivity contribution in [3.63, 3.8) is 0 Å². The number of hydrogen-bond donors (Lipinski definition) is 0. The Morgan fingerprint density at radius 2 is 1.19 bits per heavy atom. The van der Waals surface area contributed by atoms with E-state index in [1.807, 2.05) is 0 Å². The number of alkyl halides is 3. The van der Waals surface area contributed by atoms with Crippen LogP contribution in [0.3, 0.4) is 0 Å². The second-order valence-corrected chi connectivity index (χ2v) is 8.85. The first kappa shape index (κ1) is 24.5. The molecule has 0 bridgehead atoms. The molecule has 0 saturated carbocycles. The lowest BCUT2D eigenvalue weighted by atomic mass is 10.1. The van der Waals surface area contributed by atoms with Gasteiger partial charge in [0.25, 0.3) is 0 Å². The number of rotatable bonds is 7. The van der Waals surface area contributed by atoms with Crippen LogP contribution in [0.1, 0.15) is 31.7 Å². The first-order valence-electron chi connectivity index (χ1n) is 10.0. The molecule has 31 heavy (non-hydrogen) atoms. The highest BCUT2D eigenvalue weighted by Gasteiger charge is 2.29. The second kappa shape index (κ2) is 12.2. The molecule has 0 unspecified atom stereocenters. The minimum atomic E-state index is -5.19. The van der Waals surface area contributed by atoms with Crippen LogP contribution in [0, 0.1) is 0 Å². The van der Waals surface area contributed by atoms with Gasteiger partial charge in [-0.25, -0.2) is 0 Å². The van der Waals surface area contributed by atoms with Gasteiger partial charge >= 0.3 is 6.18 Å². The second-order valence-electron chi connectivity index (χ2n) is 6.82. The Morgan fingerprint density at radius 1 is 0.774 bits per heavy atom. The SMILES string of the molecule is CCCCCc1ccc([S+](c2ccccc2)c2ccccc2)cc1.O=C([O-])C(F)(F)F. The third-order valence-electron chi connectivity index (χ3n) is 4.42. The summed E-state index contributed by atoms with van der Waals surface area (Å²) in [7, 11) is -0.0302. The number of carboxylic acids is 1. The van der Waals surface area contributed by atoms with Gasteiger partial charge in [0, 0.05) is 0 Å². The molecule has 0 heterocycles. The van der Waals surface area contributed by atoms with Gasteiger partial charge in [0.15, 0.2) is 14.7 Å². The zero-order valence-electron chi connectivity index (χ0n) is 17.3. The number of halogens is 3. The largest absolute Gasteiger partial charge is 0.542 e. The molecule has 0 aliphatic carbocycles. The summed E-state index contributed by atoms with van der Waals surface area (Å²) in [6.45, 7) is 2.26.